The molecule has 0 radical (unpaired) electrons. The maximum atomic E-state index is 13.5. The van der Waals surface area contributed by atoms with Crippen molar-refractivity contribution in [3.8, 4) is 0 Å². The molecule has 3 nitrogen and oxygen atoms in total. The fraction of sp³-hybridized carbons (Fsp3) is 0.0714. The molecule has 19 heavy (non-hydrogen) atoms. The molecule has 0 atom stereocenters. The molecule has 0 spiro atoms. The van der Waals surface area contributed by atoms with E-state index in [9.17, 15) is 9.18 Å². The van der Waals surface area contributed by atoms with Crippen LogP contribution in [-0.4, -0.2) is 11.1 Å². The Morgan fingerprint density at radius 1 is 1.26 bits per heavy atom. The Balaban J connectivity index is 2.10. The van der Waals surface area contributed by atoms with Gasteiger partial charge in [-0.25, -0.2) is 9.18 Å². The van der Waals surface area contributed by atoms with Crippen LogP contribution in [0.25, 0.3) is 0 Å². The predicted molar refractivity (Wildman–Crippen MR) is 72.1 cm³/mol. The maximum Gasteiger partial charge on any atom is 0.335 e. The van der Waals surface area contributed by atoms with Crippen LogP contribution in [-0.2, 0) is 6.54 Å². The van der Waals surface area contributed by atoms with Gasteiger partial charge in [-0.15, -0.1) is 0 Å². The van der Waals surface area contributed by atoms with Crippen molar-refractivity contribution < 1.29 is 14.3 Å². The monoisotopic (exact) mass is 279 g/mol. The molecule has 0 aromatic heterocycles. The summed E-state index contributed by atoms with van der Waals surface area (Å²) >= 11 is 5.66. The highest BCUT2D eigenvalue weighted by atomic mass is 35.5. The third-order valence-corrected chi connectivity index (χ3v) is 2.84. The first-order valence-electron chi connectivity index (χ1n) is 5.57. The zero-order chi connectivity index (χ0) is 13.8. The fourth-order valence-electron chi connectivity index (χ4n) is 1.62. The number of halogens is 2. The van der Waals surface area contributed by atoms with Crippen molar-refractivity contribution in [1.82, 2.24) is 0 Å². The number of hydrogen-bond donors (Lipinski definition) is 2. The quantitative estimate of drug-likeness (QED) is 0.895. The van der Waals surface area contributed by atoms with Crippen molar-refractivity contribution in [1.29, 1.82) is 0 Å². The topological polar surface area (TPSA) is 49.3 Å². The van der Waals surface area contributed by atoms with Crippen molar-refractivity contribution in [2.24, 2.45) is 0 Å². The highest BCUT2D eigenvalue weighted by Gasteiger charge is 2.05. The van der Waals surface area contributed by atoms with E-state index in [4.69, 9.17) is 16.7 Å². The average molecular weight is 280 g/mol. The Kier molecular flexibility index (Phi) is 4.02. The van der Waals surface area contributed by atoms with E-state index in [2.05, 4.69) is 5.32 Å². The molecule has 0 aliphatic heterocycles. The van der Waals surface area contributed by atoms with Crippen LogP contribution < -0.4 is 5.32 Å². The molecule has 0 aliphatic carbocycles. The Morgan fingerprint density at radius 2 is 2.05 bits per heavy atom. The Labute approximate surface area is 114 Å². The highest BCUT2D eigenvalue weighted by molar-refractivity contribution is 6.30. The lowest BCUT2D eigenvalue weighted by Gasteiger charge is -2.08. The molecule has 2 N–H and O–H groups in total. The van der Waals surface area contributed by atoms with Crippen LogP contribution in [0.15, 0.2) is 42.5 Å². The first kappa shape index (κ1) is 13.4. The molecule has 0 amide bonds. The van der Waals surface area contributed by atoms with Crippen LogP contribution in [0.2, 0.25) is 5.02 Å². The van der Waals surface area contributed by atoms with Crippen molar-refractivity contribution in [3.63, 3.8) is 0 Å². The van der Waals surface area contributed by atoms with Gasteiger partial charge in [-0.2, -0.15) is 0 Å². The number of anilines is 1. The third kappa shape index (κ3) is 3.45. The van der Waals surface area contributed by atoms with E-state index >= 15 is 0 Å². The first-order chi connectivity index (χ1) is 9.06. The van der Waals surface area contributed by atoms with E-state index in [0.717, 1.165) is 0 Å². The molecule has 0 saturated heterocycles. The molecule has 0 aliphatic rings. The molecule has 2 aromatic rings. The molecule has 2 rings (SSSR count). The summed E-state index contributed by atoms with van der Waals surface area (Å²) < 4.78 is 13.5. The van der Waals surface area contributed by atoms with Crippen molar-refractivity contribution in [2.45, 2.75) is 6.54 Å². The molecule has 0 bridgehead atoms. The highest BCUT2D eigenvalue weighted by Crippen LogP contribution is 2.17. The van der Waals surface area contributed by atoms with Gasteiger partial charge >= 0.3 is 5.97 Å². The minimum absolute atomic E-state index is 0.182. The molecular formula is C14H11ClFNO2. The van der Waals surface area contributed by atoms with Gasteiger partial charge in [-0.05, 0) is 30.3 Å². The van der Waals surface area contributed by atoms with Crippen LogP contribution in [0.1, 0.15) is 15.9 Å². The second-order valence-electron chi connectivity index (χ2n) is 3.98. The second-order valence-corrected chi connectivity index (χ2v) is 4.41. The van der Waals surface area contributed by atoms with E-state index in [-0.39, 0.29) is 12.1 Å². The number of benzene rings is 2. The molecule has 0 fully saturated rings. The van der Waals surface area contributed by atoms with Crippen LogP contribution in [0.4, 0.5) is 10.1 Å². The van der Waals surface area contributed by atoms with Gasteiger partial charge < -0.3 is 10.4 Å². The van der Waals surface area contributed by atoms with Gasteiger partial charge in [0.15, 0.2) is 0 Å². The summed E-state index contributed by atoms with van der Waals surface area (Å²) in [6, 6.07) is 10.8. The minimum atomic E-state index is -0.999. The van der Waals surface area contributed by atoms with E-state index in [1.54, 1.807) is 24.3 Å². The second kappa shape index (κ2) is 5.71. The first-order valence-corrected chi connectivity index (χ1v) is 5.95. The number of carbonyl (C=O) groups is 1. The molecule has 5 heteroatoms. The number of carboxylic acids is 1. The van der Waals surface area contributed by atoms with Crippen molar-refractivity contribution in [3.05, 3.63) is 64.4 Å². The molecule has 0 heterocycles. The summed E-state index contributed by atoms with van der Waals surface area (Å²) in [7, 11) is 0. The van der Waals surface area contributed by atoms with Gasteiger partial charge in [0, 0.05) is 22.8 Å². The fourth-order valence-corrected chi connectivity index (χ4v) is 1.78. The molecule has 0 unspecified atom stereocenters. The lowest BCUT2D eigenvalue weighted by molar-refractivity contribution is 0.0697. The Hall–Kier alpha value is -2.07. The van der Waals surface area contributed by atoms with Crippen LogP contribution >= 0.6 is 11.6 Å². The maximum absolute atomic E-state index is 13.5. The normalized spacial score (nSPS) is 10.2. The van der Waals surface area contributed by atoms with Gasteiger partial charge in [-0.3, -0.25) is 0 Å². The number of aromatic carboxylic acids is 1. The smallest absolute Gasteiger partial charge is 0.335 e. The Bertz CT molecular complexity index is 616. The number of carboxylic acid groups (broad SMARTS) is 1. The summed E-state index contributed by atoms with van der Waals surface area (Å²) in [6.07, 6.45) is 0. The average Bonchev–Trinajstić information content (AvgIpc) is 2.38. The molecule has 2 aromatic carbocycles. The van der Waals surface area contributed by atoms with E-state index < -0.39 is 11.8 Å². The lowest BCUT2D eigenvalue weighted by Crippen LogP contribution is -2.03. The Morgan fingerprint density at radius 3 is 2.74 bits per heavy atom. The summed E-state index contributed by atoms with van der Waals surface area (Å²) in [5, 5.41) is 12.2. The lowest BCUT2D eigenvalue weighted by atomic mass is 10.2. The number of nitrogens with one attached hydrogen (secondary N) is 1. The van der Waals surface area contributed by atoms with Gasteiger partial charge in [0.05, 0.1) is 5.56 Å². The van der Waals surface area contributed by atoms with Gasteiger partial charge in [0.2, 0.25) is 0 Å². The standard InChI is InChI=1S/C14H11ClFNO2/c15-11-5-4-10(13(16)7-11)8-17-12-3-1-2-9(6-12)14(18)19/h1-7,17H,8H2,(H,18,19). The minimum Gasteiger partial charge on any atom is -0.478 e. The molecule has 98 valence electrons. The number of hydrogen-bond acceptors (Lipinski definition) is 2. The van der Waals surface area contributed by atoms with Crippen LogP contribution in [0, 0.1) is 5.82 Å². The SMILES string of the molecule is O=C(O)c1cccc(NCc2ccc(Cl)cc2F)c1. The summed E-state index contributed by atoms with van der Waals surface area (Å²) in [5.74, 6) is -1.39. The van der Waals surface area contributed by atoms with Gasteiger partial charge in [0.1, 0.15) is 5.82 Å². The van der Waals surface area contributed by atoms with E-state index in [0.29, 0.717) is 16.3 Å². The summed E-state index contributed by atoms with van der Waals surface area (Å²) in [6.45, 7) is 0.256. The largest absolute Gasteiger partial charge is 0.478 e. The zero-order valence-electron chi connectivity index (χ0n) is 9.86. The van der Waals surface area contributed by atoms with Gasteiger partial charge in [-0.1, -0.05) is 23.7 Å². The van der Waals surface area contributed by atoms with Gasteiger partial charge in [0.25, 0.3) is 0 Å². The number of rotatable bonds is 4. The predicted octanol–water partition coefficient (Wildman–Crippen LogP) is 3.79. The van der Waals surface area contributed by atoms with Crippen LogP contribution in [0.3, 0.4) is 0 Å². The molecule has 0 saturated carbocycles. The zero-order valence-corrected chi connectivity index (χ0v) is 10.6. The third-order valence-electron chi connectivity index (χ3n) is 2.61. The summed E-state index contributed by atoms with van der Waals surface area (Å²) in [5.41, 5.74) is 1.26. The van der Waals surface area contributed by atoms with Crippen molar-refractivity contribution >= 4 is 23.3 Å². The van der Waals surface area contributed by atoms with Crippen LogP contribution in [0.5, 0.6) is 0 Å². The summed E-state index contributed by atoms with van der Waals surface area (Å²) in [4.78, 5) is 10.8. The molecular weight excluding hydrogens is 269 g/mol. The van der Waals surface area contributed by atoms with E-state index in [1.165, 1.54) is 18.2 Å². The van der Waals surface area contributed by atoms with Crippen molar-refractivity contribution in [2.75, 3.05) is 5.32 Å². The van der Waals surface area contributed by atoms with E-state index in [1.807, 2.05) is 0 Å².